The molecule has 0 fully saturated rings. The maximum Gasteiger partial charge on any atom is 0.188 e. The molecule has 4 heteroatoms. The van der Waals surface area contributed by atoms with E-state index >= 15 is 0 Å². The maximum absolute atomic E-state index is 5.56. The summed E-state index contributed by atoms with van der Waals surface area (Å²) >= 11 is 3.46. The molecule has 0 aromatic heterocycles. The molecule has 0 aliphatic heterocycles. The molecule has 0 atom stereocenters. The van der Waals surface area contributed by atoms with Crippen molar-refractivity contribution in [2.75, 3.05) is 20.4 Å². The quantitative estimate of drug-likeness (QED) is 0.837. The topological polar surface area (TPSA) is 44.5 Å². The lowest BCUT2D eigenvalue weighted by molar-refractivity contribution is 0.0499. The molecular formula is C11H16BrNO2. The largest absolute Gasteiger partial charge is 0.467 e. The van der Waals surface area contributed by atoms with Crippen LogP contribution < -0.4 is 10.5 Å². The normalized spacial score (nSPS) is 10.4. The van der Waals surface area contributed by atoms with Gasteiger partial charge in [0.2, 0.25) is 0 Å². The zero-order valence-corrected chi connectivity index (χ0v) is 10.6. The molecule has 15 heavy (non-hydrogen) atoms. The predicted octanol–water partition coefficient (Wildman–Crippen LogP) is 2.24. The van der Waals surface area contributed by atoms with Crippen LogP contribution in [-0.4, -0.2) is 20.4 Å². The summed E-state index contributed by atoms with van der Waals surface area (Å²) in [6.45, 7) is 2.88. The zero-order valence-electron chi connectivity index (χ0n) is 9.05. The molecule has 0 spiro atoms. The van der Waals surface area contributed by atoms with Gasteiger partial charge in [-0.15, -0.1) is 0 Å². The third kappa shape index (κ3) is 3.48. The van der Waals surface area contributed by atoms with E-state index in [1.54, 1.807) is 7.11 Å². The molecule has 84 valence electrons. The first kappa shape index (κ1) is 12.5. The third-order valence-corrected chi connectivity index (χ3v) is 2.51. The van der Waals surface area contributed by atoms with E-state index in [1.165, 1.54) is 0 Å². The lowest BCUT2D eigenvalue weighted by Crippen LogP contribution is -2.08. The first-order chi connectivity index (χ1) is 7.19. The van der Waals surface area contributed by atoms with Crippen molar-refractivity contribution in [1.82, 2.24) is 0 Å². The number of benzene rings is 1. The first-order valence-electron chi connectivity index (χ1n) is 4.80. The van der Waals surface area contributed by atoms with Crippen LogP contribution >= 0.6 is 15.9 Å². The minimum Gasteiger partial charge on any atom is -0.467 e. The summed E-state index contributed by atoms with van der Waals surface area (Å²) in [5.74, 6) is 0.880. The first-order valence-corrected chi connectivity index (χ1v) is 5.59. The highest BCUT2D eigenvalue weighted by Crippen LogP contribution is 2.28. The molecule has 1 aromatic carbocycles. The van der Waals surface area contributed by atoms with E-state index in [0.717, 1.165) is 27.8 Å². The second kappa shape index (κ2) is 6.10. The number of methoxy groups -OCH3 is 1. The average Bonchev–Trinajstić information content (AvgIpc) is 2.17. The van der Waals surface area contributed by atoms with Crippen molar-refractivity contribution in [2.45, 2.75) is 13.3 Å². The Morgan fingerprint density at radius 3 is 2.73 bits per heavy atom. The van der Waals surface area contributed by atoms with E-state index in [-0.39, 0.29) is 6.79 Å². The molecular weight excluding hydrogens is 258 g/mol. The van der Waals surface area contributed by atoms with Crippen LogP contribution in [0.4, 0.5) is 0 Å². The van der Waals surface area contributed by atoms with Crippen LogP contribution in [0.1, 0.15) is 11.1 Å². The Morgan fingerprint density at radius 1 is 1.40 bits per heavy atom. The van der Waals surface area contributed by atoms with E-state index in [9.17, 15) is 0 Å². The fraction of sp³-hybridized carbons (Fsp3) is 0.455. The van der Waals surface area contributed by atoms with Gasteiger partial charge in [0, 0.05) is 11.6 Å². The number of hydrogen-bond acceptors (Lipinski definition) is 3. The number of aryl methyl sites for hydroxylation is 1. The van der Waals surface area contributed by atoms with Crippen molar-refractivity contribution in [3.63, 3.8) is 0 Å². The highest BCUT2D eigenvalue weighted by molar-refractivity contribution is 9.10. The minimum atomic E-state index is 0.264. The molecule has 1 rings (SSSR count). The number of rotatable bonds is 5. The van der Waals surface area contributed by atoms with Gasteiger partial charge in [0.05, 0.1) is 0 Å². The molecule has 0 unspecified atom stereocenters. The lowest BCUT2D eigenvalue weighted by Gasteiger charge is -2.13. The molecule has 0 aliphatic carbocycles. The van der Waals surface area contributed by atoms with Crippen LogP contribution in [0.5, 0.6) is 5.75 Å². The monoisotopic (exact) mass is 273 g/mol. The molecule has 2 N–H and O–H groups in total. The summed E-state index contributed by atoms with van der Waals surface area (Å²) in [6.07, 6.45) is 0.805. The lowest BCUT2D eigenvalue weighted by atomic mass is 10.1. The number of hydrogen-bond donors (Lipinski definition) is 1. The summed E-state index contributed by atoms with van der Waals surface area (Å²) in [7, 11) is 1.61. The van der Waals surface area contributed by atoms with Crippen LogP contribution in [0.3, 0.4) is 0 Å². The molecule has 0 bridgehead atoms. The molecule has 0 heterocycles. The summed E-state index contributed by atoms with van der Waals surface area (Å²) < 4.78 is 11.5. The molecule has 0 saturated heterocycles. The molecule has 0 amide bonds. The Kier molecular flexibility index (Phi) is 5.08. The number of ether oxygens (including phenoxy) is 2. The van der Waals surface area contributed by atoms with E-state index < -0.39 is 0 Å². The van der Waals surface area contributed by atoms with E-state index in [1.807, 2.05) is 19.1 Å². The average molecular weight is 274 g/mol. The predicted molar refractivity (Wildman–Crippen MR) is 64.1 cm³/mol. The van der Waals surface area contributed by atoms with Gasteiger partial charge >= 0.3 is 0 Å². The van der Waals surface area contributed by atoms with Crippen LogP contribution in [-0.2, 0) is 11.2 Å². The maximum atomic E-state index is 5.56. The SMILES string of the molecule is COCOc1c(C)cc(Br)cc1CCN. The fourth-order valence-electron chi connectivity index (χ4n) is 1.46. The van der Waals surface area contributed by atoms with Gasteiger partial charge in [-0.1, -0.05) is 15.9 Å². The highest BCUT2D eigenvalue weighted by Gasteiger charge is 2.08. The van der Waals surface area contributed by atoms with Crippen LogP contribution in [0, 0.1) is 6.92 Å². The van der Waals surface area contributed by atoms with Crippen molar-refractivity contribution >= 4 is 15.9 Å². The van der Waals surface area contributed by atoms with E-state index in [0.29, 0.717) is 6.54 Å². The summed E-state index contributed by atoms with van der Waals surface area (Å²) in [5.41, 5.74) is 7.76. The van der Waals surface area contributed by atoms with Gasteiger partial charge in [0.1, 0.15) is 5.75 Å². The molecule has 0 aliphatic rings. The summed E-state index contributed by atoms with van der Waals surface area (Å²) in [5, 5.41) is 0. The molecule has 0 saturated carbocycles. The van der Waals surface area contributed by atoms with Crippen LogP contribution in [0.2, 0.25) is 0 Å². The van der Waals surface area contributed by atoms with Gasteiger partial charge in [0.25, 0.3) is 0 Å². The second-order valence-corrected chi connectivity index (χ2v) is 4.22. The van der Waals surface area contributed by atoms with Gasteiger partial charge < -0.3 is 15.2 Å². The Balaban J connectivity index is 2.97. The number of halogens is 1. The van der Waals surface area contributed by atoms with Crippen molar-refractivity contribution in [1.29, 1.82) is 0 Å². The van der Waals surface area contributed by atoms with Crippen LogP contribution in [0.15, 0.2) is 16.6 Å². The van der Waals surface area contributed by atoms with Gasteiger partial charge in [-0.05, 0) is 43.1 Å². The molecule has 3 nitrogen and oxygen atoms in total. The Hall–Kier alpha value is -0.580. The molecule has 1 aromatic rings. The van der Waals surface area contributed by atoms with Gasteiger partial charge in [-0.2, -0.15) is 0 Å². The van der Waals surface area contributed by atoms with Crippen LogP contribution in [0.25, 0.3) is 0 Å². The number of nitrogens with two attached hydrogens (primary N) is 1. The fourth-order valence-corrected chi connectivity index (χ4v) is 2.08. The van der Waals surface area contributed by atoms with E-state index in [4.69, 9.17) is 15.2 Å². The highest BCUT2D eigenvalue weighted by atomic mass is 79.9. The Morgan fingerprint density at radius 2 is 2.13 bits per heavy atom. The van der Waals surface area contributed by atoms with Crippen molar-refractivity contribution in [3.05, 3.63) is 27.7 Å². The van der Waals surface area contributed by atoms with Gasteiger partial charge in [0.15, 0.2) is 6.79 Å². The van der Waals surface area contributed by atoms with E-state index in [2.05, 4.69) is 15.9 Å². The Labute approximate surface area is 98.7 Å². The second-order valence-electron chi connectivity index (χ2n) is 3.30. The van der Waals surface area contributed by atoms with Crippen molar-refractivity contribution in [3.8, 4) is 5.75 Å². The Bertz CT molecular complexity index is 329. The summed E-state index contributed by atoms with van der Waals surface area (Å²) in [6, 6.07) is 4.05. The van der Waals surface area contributed by atoms with Gasteiger partial charge in [-0.25, -0.2) is 0 Å². The third-order valence-electron chi connectivity index (χ3n) is 2.05. The minimum absolute atomic E-state index is 0.264. The zero-order chi connectivity index (χ0) is 11.3. The summed E-state index contributed by atoms with van der Waals surface area (Å²) in [4.78, 5) is 0. The van der Waals surface area contributed by atoms with Crippen molar-refractivity contribution < 1.29 is 9.47 Å². The smallest absolute Gasteiger partial charge is 0.188 e. The molecule has 0 radical (unpaired) electrons. The van der Waals surface area contributed by atoms with Gasteiger partial charge in [-0.3, -0.25) is 0 Å². The standard InChI is InChI=1S/C11H16BrNO2/c1-8-5-10(12)6-9(3-4-13)11(8)15-7-14-2/h5-6H,3-4,7,13H2,1-2H3. The van der Waals surface area contributed by atoms with Crippen molar-refractivity contribution in [2.24, 2.45) is 5.73 Å².